The van der Waals surface area contributed by atoms with Gasteiger partial charge in [-0.05, 0) is 36.6 Å². The molecule has 3 N–H and O–H groups in total. The third-order valence-electron chi connectivity index (χ3n) is 2.57. The molecule has 0 spiro atoms. The SMILES string of the molecule is Cc1cc(F)cc(NC(=O)C(C(N)=S)C(C)C)c1. The average molecular weight is 268 g/mol. The van der Waals surface area contributed by atoms with Crippen molar-refractivity contribution in [3.8, 4) is 0 Å². The topological polar surface area (TPSA) is 55.1 Å². The Morgan fingerprint density at radius 1 is 1.39 bits per heavy atom. The lowest BCUT2D eigenvalue weighted by Gasteiger charge is -2.19. The molecule has 0 aliphatic rings. The Morgan fingerprint density at radius 2 is 2.00 bits per heavy atom. The molecule has 1 rings (SSSR count). The second-order valence-corrected chi connectivity index (χ2v) is 5.10. The van der Waals surface area contributed by atoms with Crippen LogP contribution in [-0.2, 0) is 4.79 Å². The Labute approximate surface area is 112 Å². The van der Waals surface area contributed by atoms with Crippen molar-refractivity contribution >= 4 is 28.8 Å². The fourth-order valence-electron chi connectivity index (χ4n) is 1.79. The van der Waals surface area contributed by atoms with Crippen LogP contribution in [0.25, 0.3) is 0 Å². The van der Waals surface area contributed by atoms with Gasteiger partial charge in [0.1, 0.15) is 5.82 Å². The highest BCUT2D eigenvalue weighted by Gasteiger charge is 2.25. The molecule has 18 heavy (non-hydrogen) atoms. The molecule has 0 saturated carbocycles. The van der Waals surface area contributed by atoms with Gasteiger partial charge in [-0.3, -0.25) is 4.79 Å². The van der Waals surface area contributed by atoms with E-state index in [1.54, 1.807) is 13.0 Å². The summed E-state index contributed by atoms with van der Waals surface area (Å²) in [6.45, 7) is 5.48. The third-order valence-corrected chi connectivity index (χ3v) is 2.82. The van der Waals surface area contributed by atoms with Crippen molar-refractivity contribution < 1.29 is 9.18 Å². The third kappa shape index (κ3) is 3.77. The molecule has 1 atom stereocenters. The van der Waals surface area contributed by atoms with E-state index >= 15 is 0 Å². The van der Waals surface area contributed by atoms with Crippen molar-refractivity contribution in [2.75, 3.05) is 5.32 Å². The summed E-state index contributed by atoms with van der Waals surface area (Å²) in [4.78, 5) is 12.2. The summed E-state index contributed by atoms with van der Waals surface area (Å²) in [5.74, 6) is -1.25. The molecule has 0 bridgehead atoms. The molecule has 0 saturated heterocycles. The largest absolute Gasteiger partial charge is 0.393 e. The van der Waals surface area contributed by atoms with Crippen LogP contribution in [0.4, 0.5) is 10.1 Å². The van der Waals surface area contributed by atoms with Crippen LogP contribution in [0.2, 0.25) is 0 Å². The first kappa shape index (κ1) is 14.6. The highest BCUT2D eigenvalue weighted by atomic mass is 32.1. The van der Waals surface area contributed by atoms with Crippen LogP contribution in [0, 0.1) is 24.6 Å². The number of hydrogen-bond acceptors (Lipinski definition) is 2. The normalized spacial score (nSPS) is 12.3. The van der Waals surface area contributed by atoms with Crippen LogP contribution in [0.1, 0.15) is 19.4 Å². The van der Waals surface area contributed by atoms with Gasteiger partial charge in [-0.1, -0.05) is 26.1 Å². The van der Waals surface area contributed by atoms with E-state index in [1.165, 1.54) is 12.1 Å². The zero-order chi connectivity index (χ0) is 13.9. The molecule has 0 aromatic heterocycles. The van der Waals surface area contributed by atoms with Crippen LogP contribution in [0.3, 0.4) is 0 Å². The minimum Gasteiger partial charge on any atom is -0.393 e. The monoisotopic (exact) mass is 268 g/mol. The van der Waals surface area contributed by atoms with Crippen molar-refractivity contribution in [2.45, 2.75) is 20.8 Å². The van der Waals surface area contributed by atoms with Gasteiger partial charge in [-0.2, -0.15) is 0 Å². The van der Waals surface area contributed by atoms with Gasteiger partial charge in [0.25, 0.3) is 0 Å². The lowest BCUT2D eigenvalue weighted by molar-refractivity contribution is -0.118. The molecule has 0 fully saturated rings. The van der Waals surface area contributed by atoms with Crippen molar-refractivity contribution in [2.24, 2.45) is 17.6 Å². The number of amides is 1. The molecule has 1 aromatic carbocycles. The van der Waals surface area contributed by atoms with Gasteiger partial charge in [-0.15, -0.1) is 0 Å². The van der Waals surface area contributed by atoms with E-state index in [-0.39, 0.29) is 22.6 Å². The van der Waals surface area contributed by atoms with Crippen molar-refractivity contribution in [3.63, 3.8) is 0 Å². The van der Waals surface area contributed by atoms with E-state index in [0.29, 0.717) is 5.69 Å². The molecule has 0 heterocycles. The molecule has 3 nitrogen and oxygen atoms in total. The lowest BCUT2D eigenvalue weighted by Crippen LogP contribution is -2.36. The van der Waals surface area contributed by atoms with Gasteiger partial charge < -0.3 is 11.1 Å². The van der Waals surface area contributed by atoms with Gasteiger partial charge in [0.05, 0.1) is 10.9 Å². The molecule has 1 amide bonds. The Morgan fingerprint density at radius 3 is 2.44 bits per heavy atom. The van der Waals surface area contributed by atoms with E-state index in [9.17, 15) is 9.18 Å². The van der Waals surface area contributed by atoms with Crippen molar-refractivity contribution in [1.82, 2.24) is 0 Å². The first-order valence-electron chi connectivity index (χ1n) is 5.68. The minimum atomic E-state index is -0.552. The van der Waals surface area contributed by atoms with E-state index in [0.717, 1.165) is 5.56 Å². The lowest BCUT2D eigenvalue weighted by atomic mass is 9.95. The summed E-state index contributed by atoms with van der Waals surface area (Å²) in [5, 5.41) is 2.64. The van der Waals surface area contributed by atoms with Crippen LogP contribution in [0.15, 0.2) is 18.2 Å². The molecular formula is C13H17FN2OS. The number of rotatable bonds is 4. The number of nitrogens with one attached hydrogen (secondary N) is 1. The number of carbonyl (C=O) groups excluding carboxylic acids is 1. The molecule has 0 aliphatic carbocycles. The van der Waals surface area contributed by atoms with Crippen LogP contribution in [0.5, 0.6) is 0 Å². The predicted octanol–water partition coefficient (Wildman–Crippen LogP) is 2.63. The molecular weight excluding hydrogens is 251 g/mol. The predicted molar refractivity (Wildman–Crippen MR) is 74.9 cm³/mol. The maximum Gasteiger partial charge on any atom is 0.234 e. The number of nitrogens with two attached hydrogens (primary N) is 1. The molecule has 5 heteroatoms. The zero-order valence-electron chi connectivity index (χ0n) is 10.7. The summed E-state index contributed by atoms with van der Waals surface area (Å²) in [6, 6.07) is 4.35. The summed E-state index contributed by atoms with van der Waals surface area (Å²) >= 11 is 4.88. The zero-order valence-corrected chi connectivity index (χ0v) is 11.5. The molecule has 0 aliphatic heterocycles. The number of aryl methyl sites for hydroxylation is 1. The number of carbonyl (C=O) groups is 1. The molecule has 0 radical (unpaired) electrons. The first-order chi connectivity index (χ1) is 8.31. The van der Waals surface area contributed by atoms with Gasteiger partial charge >= 0.3 is 0 Å². The van der Waals surface area contributed by atoms with Crippen molar-refractivity contribution in [1.29, 1.82) is 0 Å². The maximum absolute atomic E-state index is 13.2. The van der Waals surface area contributed by atoms with Crippen LogP contribution >= 0.6 is 12.2 Å². The number of thiocarbonyl (C=S) groups is 1. The van der Waals surface area contributed by atoms with E-state index in [2.05, 4.69) is 5.32 Å². The number of anilines is 1. The van der Waals surface area contributed by atoms with Gasteiger partial charge in [-0.25, -0.2) is 4.39 Å². The Bertz CT molecular complexity index is 454. The average Bonchev–Trinajstić information content (AvgIpc) is 2.13. The number of halogens is 1. The molecule has 98 valence electrons. The van der Waals surface area contributed by atoms with E-state index < -0.39 is 5.92 Å². The summed E-state index contributed by atoms with van der Waals surface area (Å²) < 4.78 is 13.2. The summed E-state index contributed by atoms with van der Waals surface area (Å²) in [7, 11) is 0. The van der Waals surface area contributed by atoms with E-state index in [1.807, 2.05) is 13.8 Å². The quantitative estimate of drug-likeness (QED) is 0.825. The second kappa shape index (κ2) is 5.91. The van der Waals surface area contributed by atoms with Crippen LogP contribution < -0.4 is 11.1 Å². The second-order valence-electron chi connectivity index (χ2n) is 4.63. The highest BCUT2D eigenvalue weighted by Crippen LogP contribution is 2.17. The maximum atomic E-state index is 13.2. The fourth-order valence-corrected chi connectivity index (χ4v) is 2.17. The molecule has 1 unspecified atom stereocenters. The summed E-state index contributed by atoms with van der Waals surface area (Å²) in [6.07, 6.45) is 0. The van der Waals surface area contributed by atoms with Gasteiger partial charge in [0.2, 0.25) is 5.91 Å². The van der Waals surface area contributed by atoms with E-state index in [4.69, 9.17) is 18.0 Å². The number of hydrogen-bond donors (Lipinski definition) is 2. The minimum absolute atomic E-state index is 0.00263. The summed E-state index contributed by atoms with van der Waals surface area (Å²) in [5.41, 5.74) is 6.70. The number of benzene rings is 1. The Hall–Kier alpha value is -1.49. The Kier molecular flexibility index (Phi) is 4.78. The van der Waals surface area contributed by atoms with Gasteiger partial charge in [0.15, 0.2) is 0 Å². The van der Waals surface area contributed by atoms with Crippen LogP contribution in [-0.4, -0.2) is 10.9 Å². The highest BCUT2D eigenvalue weighted by molar-refractivity contribution is 7.80. The van der Waals surface area contributed by atoms with Gasteiger partial charge in [0, 0.05) is 5.69 Å². The fraction of sp³-hybridized carbons (Fsp3) is 0.385. The standard InChI is InChI=1S/C13H17FN2OS/c1-7(2)11(12(15)18)13(17)16-10-5-8(3)4-9(14)6-10/h4-7,11H,1-3H3,(H2,15,18)(H,16,17). The Balaban J connectivity index is 2.89. The molecule has 1 aromatic rings. The first-order valence-corrected chi connectivity index (χ1v) is 6.09. The van der Waals surface area contributed by atoms with Crippen molar-refractivity contribution in [3.05, 3.63) is 29.6 Å². The smallest absolute Gasteiger partial charge is 0.234 e.